The van der Waals surface area contributed by atoms with Gasteiger partial charge >= 0.3 is 28.5 Å². The van der Waals surface area contributed by atoms with Gasteiger partial charge in [0.25, 0.3) is 5.97 Å². The van der Waals surface area contributed by atoms with Crippen LogP contribution < -0.4 is 0 Å². The third kappa shape index (κ3) is 4590. The third-order valence-corrected chi connectivity index (χ3v) is 0. The van der Waals surface area contributed by atoms with Gasteiger partial charge < -0.3 is 10.6 Å². The van der Waals surface area contributed by atoms with E-state index in [0.29, 0.717) is 0 Å². The molecule has 0 saturated carbocycles. The topological polar surface area (TPSA) is 85.9 Å². The Balaban J connectivity index is -0.0000000480. The van der Waals surface area contributed by atoms with E-state index >= 15 is 0 Å². The van der Waals surface area contributed by atoms with Gasteiger partial charge in [0.05, 0.1) is 0 Å². The first-order valence-corrected chi connectivity index (χ1v) is 2.72. The standard InChI is InChI=1S/C2H4O2.H2O.O.Pb/c1-2(3)4;;;/h1H3,(H,3,4);1H2;;. The molecule has 0 aromatic carbocycles. The van der Waals surface area contributed by atoms with Crippen molar-refractivity contribution in [3.63, 3.8) is 0 Å². The fourth-order valence-corrected chi connectivity index (χ4v) is 0. The summed E-state index contributed by atoms with van der Waals surface area (Å²) in [6.45, 7) is 1.08. The Morgan fingerprint density at radius 2 is 1.57 bits per heavy atom. The van der Waals surface area contributed by atoms with E-state index in [2.05, 4.69) is 0 Å². The molecule has 3 N–H and O–H groups in total. The molecule has 0 aliphatic heterocycles. The van der Waals surface area contributed by atoms with Crippen molar-refractivity contribution in [3.05, 3.63) is 0 Å². The molecule has 0 aromatic rings. The molecular formula is C2H6O4Pb. The minimum absolute atomic E-state index is 0. The first kappa shape index (κ1) is 15.7. The SMILES string of the molecule is CC(=O)O.O.[O]=[Pb]. The van der Waals surface area contributed by atoms with Crippen LogP contribution in [-0.4, -0.2) is 42.3 Å². The second kappa shape index (κ2) is 16.4. The molecule has 0 rings (SSSR count). The Morgan fingerprint density at radius 1 is 1.57 bits per heavy atom. The van der Waals surface area contributed by atoms with Gasteiger partial charge in [-0.15, -0.1) is 0 Å². The van der Waals surface area contributed by atoms with Crippen molar-refractivity contribution >= 4 is 31.7 Å². The predicted molar refractivity (Wildman–Crippen MR) is 23.4 cm³/mol. The maximum absolute atomic E-state index is 9.00. The monoisotopic (exact) mass is 302 g/mol. The van der Waals surface area contributed by atoms with Crippen LogP contribution in [0.2, 0.25) is 0 Å². The van der Waals surface area contributed by atoms with Gasteiger partial charge in [-0.1, -0.05) is 0 Å². The molecule has 0 fully saturated rings. The Hall–Kier alpha value is 0.152. The Labute approximate surface area is 57.0 Å². The molecule has 4 nitrogen and oxygen atoms in total. The van der Waals surface area contributed by atoms with Crippen molar-refractivity contribution in [1.29, 1.82) is 0 Å². The van der Waals surface area contributed by atoms with Crippen LogP contribution in [0.25, 0.3) is 0 Å². The molecule has 0 spiro atoms. The van der Waals surface area contributed by atoms with E-state index in [9.17, 15) is 0 Å². The fraction of sp³-hybridized carbons (Fsp3) is 0.500. The van der Waals surface area contributed by atoms with E-state index in [4.69, 9.17) is 12.6 Å². The van der Waals surface area contributed by atoms with E-state index in [1.165, 1.54) is 0 Å². The van der Waals surface area contributed by atoms with Gasteiger partial charge in [0.2, 0.25) is 0 Å². The molecule has 0 heterocycles. The van der Waals surface area contributed by atoms with Crippen LogP contribution in [0.5, 0.6) is 0 Å². The summed E-state index contributed by atoms with van der Waals surface area (Å²) in [4.78, 5) is 9.00. The van der Waals surface area contributed by atoms with E-state index in [1.54, 1.807) is 0 Å². The summed E-state index contributed by atoms with van der Waals surface area (Å²) in [5.74, 6) is -0.833. The van der Waals surface area contributed by atoms with Crippen LogP contribution in [0, 0.1) is 0 Å². The molecule has 0 bridgehead atoms. The van der Waals surface area contributed by atoms with Gasteiger partial charge in [-0.05, 0) is 0 Å². The van der Waals surface area contributed by atoms with Gasteiger partial charge in [0, 0.05) is 6.92 Å². The molecule has 0 aromatic heterocycles. The molecule has 2 radical (unpaired) electrons. The first-order chi connectivity index (χ1) is 2.73. The maximum atomic E-state index is 9.00. The molecule has 5 heteroatoms. The van der Waals surface area contributed by atoms with Gasteiger partial charge in [-0.3, -0.25) is 4.79 Å². The van der Waals surface area contributed by atoms with E-state index in [0.717, 1.165) is 6.92 Å². The summed E-state index contributed by atoms with van der Waals surface area (Å²) in [5, 5.41) is 7.42. The minimum atomic E-state index is -0.833. The summed E-state index contributed by atoms with van der Waals surface area (Å²) >= 11 is 0.0556. The zero-order chi connectivity index (χ0) is 5.58. The van der Waals surface area contributed by atoms with Crippen LogP contribution in [0.3, 0.4) is 0 Å². The van der Waals surface area contributed by atoms with Gasteiger partial charge in [-0.25, -0.2) is 0 Å². The number of hydrogen-bond acceptors (Lipinski definition) is 2. The van der Waals surface area contributed by atoms with Crippen LogP contribution in [0.15, 0.2) is 0 Å². The van der Waals surface area contributed by atoms with E-state index < -0.39 is 5.97 Å². The van der Waals surface area contributed by atoms with E-state index in [-0.39, 0.29) is 31.3 Å². The van der Waals surface area contributed by atoms with Crippen LogP contribution >= 0.6 is 0 Å². The summed E-state index contributed by atoms with van der Waals surface area (Å²) in [6, 6.07) is 0. The molecular weight excluding hydrogens is 295 g/mol. The van der Waals surface area contributed by atoms with Gasteiger partial charge in [0.1, 0.15) is 0 Å². The van der Waals surface area contributed by atoms with Crippen LogP contribution in [0.4, 0.5) is 0 Å². The van der Waals surface area contributed by atoms with Crippen molar-refractivity contribution in [2.75, 3.05) is 0 Å². The summed E-state index contributed by atoms with van der Waals surface area (Å²) < 4.78 is 8.39. The number of rotatable bonds is 0. The second-order valence-electron chi connectivity index (χ2n) is 0.519. The zero-order valence-corrected chi connectivity index (χ0v) is 7.65. The quantitative estimate of drug-likeness (QED) is 0.568. The first-order valence-electron chi connectivity index (χ1n) is 1.13. The third-order valence-electron chi connectivity index (χ3n) is 0. The normalized spacial score (nSPS) is 4.14. The average molecular weight is 301 g/mol. The van der Waals surface area contributed by atoms with Crippen LogP contribution in [0.1, 0.15) is 6.92 Å². The average Bonchev–Trinajstić information content (AvgIpc) is 1.41. The predicted octanol–water partition coefficient (Wildman–Crippen LogP) is -1.23. The van der Waals surface area contributed by atoms with Crippen LogP contribution in [-0.2, 0) is 7.48 Å². The van der Waals surface area contributed by atoms with Crippen molar-refractivity contribution < 1.29 is 18.1 Å². The molecule has 0 aliphatic carbocycles. The number of carboxylic acids is 1. The Kier molecular flexibility index (Phi) is 36.9. The number of carbonyl (C=O) groups is 1. The zero-order valence-electron chi connectivity index (χ0n) is 3.76. The Bertz CT molecular complexity index is 41.0. The Morgan fingerprint density at radius 3 is 1.57 bits per heavy atom. The number of carboxylic acid groups (broad SMARTS) is 1. The summed E-state index contributed by atoms with van der Waals surface area (Å²) in [7, 11) is 0. The molecule has 0 amide bonds. The van der Waals surface area contributed by atoms with Crippen molar-refractivity contribution in [3.8, 4) is 0 Å². The molecule has 0 aliphatic rings. The molecule has 42 valence electrons. The number of aliphatic carboxylic acids is 1. The van der Waals surface area contributed by atoms with Crippen molar-refractivity contribution in [2.24, 2.45) is 0 Å². The molecule has 7 heavy (non-hydrogen) atoms. The molecule has 0 atom stereocenters. The fourth-order valence-electron chi connectivity index (χ4n) is 0. The van der Waals surface area contributed by atoms with E-state index in [1.807, 2.05) is 0 Å². The molecule has 0 saturated heterocycles. The van der Waals surface area contributed by atoms with Gasteiger partial charge in [-0.2, -0.15) is 0 Å². The summed E-state index contributed by atoms with van der Waals surface area (Å²) in [6.07, 6.45) is 0. The molecule has 0 unspecified atom stereocenters. The summed E-state index contributed by atoms with van der Waals surface area (Å²) in [5.41, 5.74) is 0. The number of hydrogen-bond donors (Lipinski definition) is 1. The van der Waals surface area contributed by atoms with Crippen molar-refractivity contribution in [1.82, 2.24) is 0 Å². The van der Waals surface area contributed by atoms with Gasteiger partial charge in [0.15, 0.2) is 0 Å². The van der Waals surface area contributed by atoms with Crippen molar-refractivity contribution in [2.45, 2.75) is 6.92 Å². The second-order valence-corrected chi connectivity index (χ2v) is 0.519.